The summed E-state index contributed by atoms with van der Waals surface area (Å²) in [4.78, 5) is 4.26. The zero-order valence-corrected chi connectivity index (χ0v) is 9.83. The van der Waals surface area contributed by atoms with Crippen molar-refractivity contribution in [3.05, 3.63) is 59.4 Å². The molecular formula is C13H7ClF2N2. The van der Waals surface area contributed by atoms with E-state index in [0.29, 0.717) is 16.4 Å². The maximum absolute atomic E-state index is 13.6. The highest BCUT2D eigenvalue weighted by Crippen LogP contribution is 2.23. The summed E-state index contributed by atoms with van der Waals surface area (Å²) < 4.78 is 28.2. The number of benzene rings is 1. The topological polar surface area (TPSA) is 17.3 Å². The van der Waals surface area contributed by atoms with Crippen LogP contribution in [0.4, 0.5) is 8.78 Å². The van der Waals surface area contributed by atoms with Crippen LogP contribution in [0.2, 0.25) is 5.02 Å². The Morgan fingerprint density at radius 2 is 1.89 bits per heavy atom. The third kappa shape index (κ3) is 1.84. The van der Waals surface area contributed by atoms with Gasteiger partial charge in [-0.1, -0.05) is 11.6 Å². The third-order valence-corrected chi connectivity index (χ3v) is 2.85. The number of nitrogens with zero attached hydrogens (tertiary/aromatic N) is 2. The van der Waals surface area contributed by atoms with E-state index in [0.717, 1.165) is 6.07 Å². The van der Waals surface area contributed by atoms with E-state index >= 15 is 0 Å². The van der Waals surface area contributed by atoms with Crippen LogP contribution in [0.5, 0.6) is 0 Å². The smallest absolute Gasteiger partial charge is 0.137 e. The number of imidazole rings is 1. The Morgan fingerprint density at radius 1 is 1.06 bits per heavy atom. The zero-order chi connectivity index (χ0) is 12.7. The molecule has 2 nitrogen and oxygen atoms in total. The minimum Gasteiger partial charge on any atom is -0.305 e. The summed E-state index contributed by atoms with van der Waals surface area (Å²) in [6, 6.07) is 6.84. The van der Waals surface area contributed by atoms with Crippen molar-refractivity contribution >= 4 is 17.2 Å². The van der Waals surface area contributed by atoms with Crippen LogP contribution in [-0.4, -0.2) is 9.38 Å². The molecule has 3 aromatic rings. The molecular weight excluding hydrogens is 258 g/mol. The van der Waals surface area contributed by atoms with Crippen molar-refractivity contribution in [2.75, 3.05) is 0 Å². The lowest BCUT2D eigenvalue weighted by molar-refractivity contribution is 0.585. The lowest BCUT2D eigenvalue weighted by Crippen LogP contribution is -1.85. The summed E-state index contributed by atoms with van der Waals surface area (Å²) in [5.74, 6) is -1.24. The fourth-order valence-electron chi connectivity index (χ4n) is 1.79. The van der Waals surface area contributed by atoms with Crippen LogP contribution >= 0.6 is 11.6 Å². The lowest BCUT2D eigenvalue weighted by atomic mass is 10.1. The summed E-state index contributed by atoms with van der Waals surface area (Å²) in [6.45, 7) is 0. The molecule has 0 aliphatic heterocycles. The van der Waals surface area contributed by atoms with Gasteiger partial charge in [0, 0.05) is 24.0 Å². The normalized spacial score (nSPS) is 11.1. The van der Waals surface area contributed by atoms with Crippen molar-refractivity contribution < 1.29 is 8.78 Å². The first kappa shape index (κ1) is 11.2. The molecule has 90 valence electrons. The van der Waals surface area contributed by atoms with Crippen LogP contribution in [0.1, 0.15) is 0 Å². The molecule has 5 heteroatoms. The summed E-state index contributed by atoms with van der Waals surface area (Å²) in [6.07, 6.45) is 3.33. The van der Waals surface area contributed by atoms with Crippen LogP contribution in [0, 0.1) is 11.6 Å². The standard InChI is InChI=1S/C13H7ClF2N2/c14-8-1-4-13-17-12(7-18(13)6-8)10-3-2-9(15)5-11(10)16/h1-7H. The van der Waals surface area contributed by atoms with Gasteiger partial charge >= 0.3 is 0 Å². The van der Waals surface area contributed by atoms with Gasteiger partial charge in [0.15, 0.2) is 0 Å². The summed E-state index contributed by atoms with van der Waals surface area (Å²) in [5.41, 5.74) is 1.35. The van der Waals surface area contributed by atoms with Crippen LogP contribution in [0.15, 0.2) is 42.7 Å². The minimum atomic E-state index is -0.635. The molecule has 0 amide bonds. The molecule has 0 saturated carbocycles. The molecule has 0 N–H and O–H groups in total. The van der Waals surface area contributed by atoms with E-state index in [1.807, 2.05) is 0 Å². The van der Waals surface area contributed by atoms with Gasteiger partial charge in [0.05, 0.1) is 10.7 Å². The summed E-state index contributed by atoms with van der Waals surface area (Å²) in [7, 11) is 0. The molecule has 2 aromatic heterocycles. The Labute approximate surface area is 106 Å². The Morgan fingerprint density at radius 3 is 2.67 bits per heavy atom. The highest BCUT2D eigenvalue weighted by atomic mass is 35.5. The van der Waals surface area contributed by atoms with Crippen molar-refractivity contribution in [3.63, 3.8) is 0 Å². The van der Waals surface area contributed by atoms with E-state index in [1.165, 1.54) is 12.1 Å². The van der Waals surface area contributed by atoms with Gasteiger partial charge in [0.25, 0.3) is 0 Å². The number of rotatable bonds is 1. The van der Waals surface area contributed by atoms with Gasteiger partial charge in [0.2, 0.25) is 0 Å². The quantitative estimate of drug-likeness (QED) is 0.651. The monoisotopic (exact) mass is 264 g/mol. The van der Waals surface area contributed by atoms with E-state index < -0.39 is 11.6 Å². The molecule has 0 unspecified atom stereocenters. The Bertz CT molecular complexity index is 737. The van der Waals surface area contributed by atoms with Crippen molar-refractivity contribution in [3.8, 4) is 11.3 Å². The Hall–Kier alpha value is -1.94. The van der Waals surface area contributed by atoms with Crippen molar-refractivity contribution in [2.45, 2.75) is 0 Å². The van der Waals surface area contributed by atoms with Gasteiger partial charge in [-0.15, -0.1) is 0 Å². The average Bonchev–Trinajstić information content (AvgIpc) is 2.71. The van der Waals surface area contributed by atoms with E-state index in [4.69, 9.17) is 11.6 Å². The predicted molar refractivity (Wildman–Crippen MR) is 65.6 cm³/mol. The number of halogens is 3. The first-order valence-electron chi connectivity index (χ1n) is 5.23. The van der Waals surface area contributed by atoms with Crippen LogP contribution in [0.3, 0.4) is 0 Å². The fraction of sp³-hybridized carbons (Fsp3) is 0. The molecule has 0 aliphatic rings. The molecule has 0 fully saturated rings. The molecule has 0 saturated heterocycles. The van der Waals surface area contributed by atoms with E-state index in [2.05, 4.69) is 4.98 Å². The fourth-order valence-corrected chi connectivity index (χ4v) is 1.96. The second kappa shape index (κ2) is 4.07. The average molecular weight is 265 g/mol. The predicted octanol–water partition coefficient (Wildman–Crippen LogP) is 3.93. The highest BCUT2D eigenvalue weighted by Gasteiger charge is 2.10. The molecule has 0 radical (unpaired) electrons. The number of hydrogen-bond donors (Lipinski definition) is 0. The zero-order valence-electron chi connectivity index (χ0n) is 9.07. The molecule has 1 aromatic carbocycles. The van der Waals surface area contributed by atoms with Gasteiger partial charge in [-0.2, -0.15) is 0 Å². The molecule has 0 bridgehead atoms. The maximum Gasteiger partial charge on any atom is 0.137 e. The molecule has 0 spiro atoms. The molecule has 0 atom stereocenters. The van der Waals surface area contributed by atoms with Crippen molar-refractivity contribution in [1.29, 1.82) is 0 Å². The summed E-state index contributed by atoms with van der Waals surface area (Å²) >= 11 is 5.85. The number of aromatic nitrogens is 2. The Kier molecular flexibility index (Phi) is 2.52. The van der Waals surface area contributed by atoms with Gasteiger partial charge in [0.1, 0.15) is 17.3 Å². The van der Waals surface area contributed by atoms with Crippen LogP contribution in [-0.2, 0) is 0 Å². The van der Waals surface area contributed by atoms with Gasteiger partial charge in [-0.05, 0) is 24.3 Å². The van der Waals surface area contributed by atoms with Crippen molar-refractivity contribution in [1.82, 2.24) is 9.38 Å². The second-order valence-electron chi connectivity index (χ2n) is 3.86. The number of pyridine rings is 1. The Balaban J connectivity index is 2.19. The number of hydrogen-bond acceptors (Lipinski definition) is 1. The van der Waals surface area contributed by atoms with Gasteiger partial charge in [-0.3, -0.25) is 0 Å². The van der Waals surface area contributed by atoms with E-state index in [-0.39, 0.29) is 5.56 Å². The summed E-state index contributed by atoms with van der Waals surface area (Å²) in [5, 5.41) is 0.561. The van der Waals surface area contributed by atoms with E-state index in [1.54, 1.807) is 28.9 Å². The van der Waals surface area contributed by atoms with Gasteiger partial charge in [-0.25, -0.2) is 13.8 Å². The van der Waals surface area contributed by atoms with Crippen LogP contribution < -0.4 is 0 Å². The molecule has 3 rings (SSSR count). The molecule has 2 heterocycles. The maximum atomic E-state index is 13.6. The SMILES string of the molecule is Fc1ccc(-c2cn3cc(Cl)ccc3n2)c(F)c1. The van der Waals surface area contributed by atoms with Crippen molar-refractivity contribution in [2.24, 2.45) is 0 Å². The first-order chi connectivity index (χ1) is 8.63. The van der Waals surface area contributed by atoms with Gasteiger partial charge < -0.3 is 4.40 Å². The number of fused-ring (bicyclic) bond motifs is 1. The second-order valence-corrected chi connectivity index (χ2v) is 4.30. The lowest BCUT2D eigenvalue weighted by Gasteiger charge is -1.98. The molecule has 0 aliphatic carbocycles. The first-order valence-corrected chi connectivity index (χ1v) is 5.61. The minimum absolute atomic E-state index is 0.260. The largest absolute Gasteiger partial charge is 0.305 e. The van der Waals surface area contributed by atoms with Crippen LogP contribution in [0.25, 0.3) is 16.9 Å². The highest BCUT2D eigenvalue weighted by molar-refractivity contribution is 6.30. The third-order valence-electron chi connectivity index (χ3n) is 2.62. The molecule has 18 heavy (non-hydrogen) atoms. The van der Waals surface area contributed by atoms with E-state index in [9.17, 15) is 8.78 Å².